The third-order valence-corrected chi connectivity index (χ3v) is 4.07. The minimum Gasteiger partial charge on any atom is -0.494 e. The Balaban J connectivity index is 2.04. The molecule has 0 unspecified atom stereocenters. The zero-order valence-corrected chi connectivity index (χ0v) is 11.4. The Labute approximate surface area is 113 Å². The van der Waals surface area contributed by atoms with Gasteiger partial charge in [0.05, 0.1) is 19.4 Å². The molecule has 0 amide bonds. The first-order valence-electron chi connectivity index (χ1n) is 6.87. The molecule has 0 heterocycles. The molecule has 1 aliphatic rings. The zero-order valence-electron chi connectivity index (χ0n) is 11.4. The number of hydrogen-bond acceptors (Lipinski definition) is 3. The molecule has 0 spiro atoms. The fraction of sp³-hybridized carbons (Fsp3) is 0.600. The van der Waals surface area contributed by atoms with E-state index >= 15 is 0 Å². The second-order valence-corrected chi connectivity index (χ2v) is 5.42. The maximum atomic E-state index is 13.1. The molecular weight excluding hydrogens is 245 g/mol. The second-order valence-electron chi connectivity index (χ2n) is 5.42. The van der Waals surface area contributed by atoms with Gasteiger partial charge in [-0.1, -0.05) is 19.3 Å². The van der Waals surface area contributed by atoms with Crippen LogP contribution in [-0.4, -0.2) is 25.4 Å². The van der Waals surface area contributed by atoms with Crippen molar-refractivity contribution in [2.45, 2.75) is 32.1 Å². The largest absolute Gasteiger partial charge is 0.494 e. The summed E-state index contributed by atoms with van der Waals surface area (Å²) in [4.78, 5) is 0. The summed E-state index contributed by atoms with van der Waals surface area (Å²) < 4.78 is 18.3. The first kappa shape index (κ1) is 14.1. The number of aliphatic hydroxyl groups is 1. The van der Waals surface area contributed by atoms with Crippen molar-refractivity contribution in [3.05, 3.63) is 24.0 Å². The maximum absolute atomic E-state index is 13.1. The summed E-state index contributed by atoms with van der Waals surface area (Å²) in [5.74, 6) is 0.195. The van der Waals surface area contributed by atoms with Crippen LogP contribution in [0.15, 0.2) is 18.2 Å². The molecule has 1 aromatic carbocycles. The first-order chi connectivity index (χ1) is 9.19. The van der Waals surface area contributed by atoms with Crippen molar-refractivity contribution in [2.75, 3.05) is 25.6 Å². The lowest BCUT2D eigenvalue weighted by Gasteiger charge is -2.36. The topological polar surface area (TPSA) is 41.5 Å². The van der Waals surface area contributed by atoms with E-state index in [2.05, 4.69) is 5.32 Å². The predicted octanol–water partition coefficient (Wildman–Crippen LogP) is 3.19. The van der Waals surface area contributed by atoms with E-state index in [0.29, 0.717) is 12.3 Å². The zero-order chi connectivity index (χ0) is 13.7. The number of halogens is 1. The average Bonchev–Trinajstić information content (AvgIpc) is 2.47. The summed E-state index contributed by atoms with van der Waals surface area (Å²) in [6.07, 6.45) is 5.67. The summed E-state index contributed by atoms with van der Waals surface area (Å²) >= 11 is 0. The normalized spacial score (nSPS) is 18.1. The van der Waals surface area contributed by atoms with Crippen molar-refractivity contribution in [3.8, 4) is 5.75 Å². The number of benzene rings is 1. The van der Waals surface area contributed by atoms with E-state index in [0.717, 1.165) is 18.5 Å². The average molecular weight is 267 g/mol. The molecule has 0 aromatic heterocycles. The second kappa shape index (κ2) is 6.24. The smallest absolute Gasteiger partial charge is 0.144 e. The number of rotatable bonds is 5. The van der Waals surface area contributed by atoms with Crippen molar-refractivity contribution < 1.29 is 14.2 Å². The lowest BCUT2D eigenvalue weighted by atomic mass is 9.74. The van der Waals surface area contributed by atoms with E-state index in [-0.39, 0.29) is 17.8 Å². The fourth-order valence-electron chi connectivity index (χ4n) is 2.79. The summed E-state index contributed by atoms with van der Waals surface area (Å²) in [6, 6.07) is 4.47. The van der Waals surface area contributed by atoms with Gasteiger partial charge in [-0.25, -0.2) is 4.39 Å². The van der Waals surface area contributed by atoms with Gasteiger partial charge in [0.1, 0.15) is 11.6 Å². The van der Waals surface area contributed by atoms with Crippen LogP contribution in [0.25, 0.3) is 0 Å². The minimum atomic E-state index is -0.308. The monoisotopic (exact) mass is 267 g/mol. The molecule has 0 atom stereocenters. The molecule has 2 N–H and O–H groups in total. The van der Waals surface area contributed by atoms with E-state index in [1.807, 2.05) is 0 Å². The van der Waals surface area contributed by atoms with E-state index < -0.39 is 0 Å². The molecule has 1 aromatic rings. The van der Waals surface area contributed by atoms with E-state index in [4.69, 9.17) is 4.74 Å². The predicted molar refractivity (Wildman–Crippen MR) is 74.0 cm³/mol. The molecule has 4 heteroatoms. The quantitative estimate of drug-likeness (QED) is 0.861. The molecule has 0 radical (unpaired) electrons. The van der Waals surface area contributed by atoms with Crippen LogP contribution in [0.4, 0.5) is 10.1 Å². The van der Waals surface area contributed by atoms with Crippen molar-refractivity contribution >= 4 is 5.69 Å². The highest BCUT2D eigenvalue weighted by Gasteiger charge is 2.31. The molecule has 2 rings (SSSR count). The van der Waals surface area contributed by atoms with Crippen LogP contribution in [0.3, 0.4) is 0 Å². The first-order valence-corrected chi connectivity index (χ1v) is 6.87. The summed E-state index contributed by atoms with van der Waals surface area (Å²) in [7, 11) is 1.53. The Kier molecular flexibility index (Phi) is 4.64. The number of nitrogens with one attached hydrogen (secondary N) is 1. The van der Waals surface area contributed by atoms with Gasteiger partial charge < -0.3 is 15.2 Å². The van der Waals surface area contributed by atoms with Crippen molar-refractivity contribution in [1.82, 2.24) is 0 Å². The third-order valence-electron chi connectivity index (χ3n) is 4.07. The molecule has 1 fully saturated rings. The summed E-state index contributed by atoms with van der Waals surface area (Å²) in [5.41, 5.74) is 0.736. The molecule has 1 aliphatic carbocycles. The van der Waals surface area contributed by atoms with Gasteiger partial charge in [-0.2, -0.15) is 0 Å². The molecule has 19 heavy (non-hydrogen) atoms. The van der Waals surface area contributed by atoms with Crippen molar-refractivity contribution in [1.29, 1.82) is 0 Å². The Morgan fingerprint density at radius 1 is 1.32 bits per heavy atom. The van der Waals surface area contributed by atoms with Crippen LogP contribution in [0.1, 0.15) is 32.1 Å². The number of methoxy groups -OCH3 is 1. The van der Waals surface area contributed by atoms with Gasteiger partial charge in [0.15, 0.2) is 0 Å². The Morgan fingerprint density at radius 3 is 2.68 bits per heavy atom. The van der Waals surface area contributed by atoms with Gasteiger partial charge in [0, 0.05) is 18.0 Å². The lowest BCUT2D eigenvalue weighted by molar-refractivity contribution is 0.0943. The summed E-state index contributed by atoms with van der Waals surface area (Å²) in [6.45, 7) is 0.898. The van der Waals surface area contributed by atoms with Crippen molar-refractivity contribution in [2.24, 2.45) is 5.41 Å². The maximum Gasteiger partial charge on any atom is 0.144 e. The van der Waals surface area contributed by atoms with Crippen LogP contribution >= 0.6 is 0 Å². The highest BCUT2D eigenvalue weighted by molar-refractivity contribution is 5.56. The number of aliphatic hydroxyl groups excluding tert-OH is 1. The van der Waals surface area contributed by atoms with Crippen molar-refractivity contribution in [3.63, 3.8) is 0 Å². The molecule has 0 saturated heterocycles. The van der Waals surface area contributed by atoms with E-state index in [1.165, 1.54) is 38.5 Å². The Hall–Kier alpha value is -1.29. The van der Waals surface area contributed by atoms with Crippen LogP contribution in [0.5, 0.6) is 5.75 Å². The van der Waals surface area contributed by atoms with Gasteiger partial charge in [-0.3, -0.25) is 0 Å². The standard InChI is InChI=1S/C15H22FNO2/c1-19-14-9-12(16)5-6-13(14)17-10-15(11-18)7-3-2-4-8-15/h5-6,9,17-18H,2-4,7-8,10-11H2,1H3. The van der Waals surface area contributed by atoms with E-state index in [1.54, 1.807) is 6.07 Å². The van der Waals surface area contributed by atoms with Gasteiger partial charge in [0.25, 0.3) is 0 Å². The summed E-state index contributed by atoms with van der Waals surface area (Å²) in [5, 5.41) is 13.0. The van der Waals surface area contributed by atoms with Crippen LogP contribution in [0.2, 0.25) is 0 Å². The Bertz CT molecular complexity index is 417. The van der Waals surface area contributed by atoms with Gasteiger partial charge in [-0.15, -0.1) is 0 Å². The molecule has 0 bridgehead atoms. The van der Waals surface area contributed by atoms with Crippen LogP contribution in [-0.2, 0) is 0 Å². The van der Waals surface area contributed by atoms with Gasteiger partial charge in [-0.05, 0) is 25.0 Å². The highest BCUT2D eigenvalue weighted by Crippen LogP contribution is 2.36. The molecule has 0 aliphatic heterocycles. The van der Waals surface area contributed by atoms with Gasteiger partial charge >= 0.3 is 0 Å². The Morgan fingerprint density at radius 2 is 2.05 bits per heavy atom. The lowest BCUT2D eigenvalue weighted by Crippen LogP contribution is -2.35. The third kappa shape index (κ3) is 3.38. The van der Waals surface area contributed by atoms with Gasteiger partial charge in [0.2, 0.25) is 0 Å². The SMILES string of the molecule is COc1cc(F)ccc1NCC1(CO)CCCCC1. The molecule has 3 nitrogen and oxygen atoms in total. The highest BCUT2D eigenvalue weighted by atomic mass is 19.1. The van der Waals surface area contributed by atoms with E-state index in [9.17, 15) is 9.50 Å². The van der Waals surface area contributed by atoms with Crippen LogP contribution in [0, 0.1) is 11.2 Å². The number of anilines is 1. The molecule has 1 saturated carbocycles. The number of hydrogen-bond donors (Lipinski definition) is 2. The minimum absolute atomic E-state index is 0.0440. The number of ether oxygens (including phenoxy) is 1. The van der Waals surface area contributed by atoms with Crippen LogP contribution < -0.4 is 10.1 Å². The molecule has 106 valence electrons. The fourth-order valence-corrected chi connectivity index (χ4v) is 2.79. The molecular formula is C15H22FNO2.